The molecule has 0 fully saturated rings. The second kappa shape index (κ2) is 5.88. The molecule has 25 heavy (non-hydrogen) atoms. The van der Waals surface area contributed by atoms with Crippen LogP contribution >= 0.6 is 15.9 Å². The molecule has 4 rings (SSSR count). The fourth-order valence-electron chi connectivity index (χ4n) is 3.99. The summed E-state index contributed by atoms with van der Waals surface area (Å²) in [6.45, 7) is 0. The van der Waals surface area contributed by atoms with Gasteiger partial charge in [0.2, 0.25) is 0 Å². The fraction of sp³-hybridized carbons (Fsp3) is 0.190. The molecule has 0 aromatic heterocycles. The Bertz CT molecular complexity index is 944. The molecule has 2 aromatic carbocycles. The molecule has 0 amide bonds. The van der Waals surface area contributed by atoms with Crippen LogP contribution in [0, 0.1) is 11.3 Å². The molecule has 2 atom stereocenters. The van der Waals surface area contributed by atoms with Crippen LogP contribution in [0.4, 0.5) is 0 Å². The second-order valence-corrected chi connectivity index (χ2v) is 7.34. The van der Waals surface area contributed by atoms with E-state index in [0.717, 1.165) is 0 Å². The Morgan fingerprint density at radius 3 is 2.40 bits per heavy atom. The molecule has 0 aliphatic heterocycles. The Kier molecular flexibility index (Phi) is 3.80. The van der Waals surface area contributed by atoms with Gasteiger partial charge in [0.25, 0.3) is 0 Å². The molecule has 124 valence electrons. The monoisotopic (exact) mass is 394 g/mol. The third-order valence-electron chi connectivity index (χ3n) is 5.26. The van der Waals surface area contributed by atoms with E-state index < -0.39 is 11.3 Å². The summed E-state index contributed by atoms with van der Waals surface area (Å²) in [7, 11) is 0. The summed E-state index contributed by atoms with van der Waals surface area (Å²) in [6, 6.07) is 13.9. The predicted molar refractivity (Wildman–Crippen MR) is 97.9 cm³/mol. The molecule has 3 nitrogen and oxygen atoms in total. The minimum atomic E-state index is -1.34. The van der Waals surface area contributed by atoms with Crippen LogP contribution in [0.5, 0.6) is 0 Å². The first-order valence-corrected chi connectivity index (χ1v) is 8.99. The number of allylic oxidation sites excluding steroid dienone is 2. The largest absolute Gasteiger partial charge is 0.294 e. The van der Waals surface area contributed by atoms with Crippen LogP contribution in [-0.2, 0) is 0 Å². The van der Waals surface area contributed by atoms with Gasteiger partial charge < -0.3 is 0 Å². The highest BCUT2D eigenvalue weighted by atomic mass is 79.9. The smallest absolute Gasteiger partial charge is 0.178 e. The molecular formula is C21H15BrO3. The summed E-state index contributed by atoms with van der Waals surface area (Å²) in [5.41, 5.74) is -0.101. The number of fused-ring (bicyclic) bond motifs is 2. The van der Waals surface area contributed by atoms with Gasteiger partial charge in [-0.15, -0.1) is 0 Å². The molecule has 0 spiro atoms. The first-order valence-electron chi connectivity index (χ1n) is 8.20. The molecule has 0 N–H and O–H groups in total. The third-order valence-corrected chi connectivity index (χ3v) is 5.95. The van der Waals surface area contributed by atoms with Gasteiger partial charge in [0, 0.05) is 27.1 Å². The van der Waals surface area contributed by atoms with E-state index in [1.807, 2.05) is 18.2 Å². The van der Waals surface area contributed by atoms with Gasteiger partial charge in [-0.05, 0) is 18.9 Å². The first-order chi connectivity index (χ1) is 12.1. The lowest BCUT2D eigenvalue weighted by Gasteiger charge is -2.42. The van der Waals surface area contributed by atoms with Gasteiger partial charge in [-0.3, -0.25) is 14.4 Å². The van der Waals surface area contributed by atoms with Crippen molar-refractivity contribution >= 4 is 33.3 Å². The Morgan fingerprint density at radius 1 is 0.960 bits per heavy atom. The van der Waals surface area contributed by atoms with Gasteiger partial charge >= 0.3 is 0 Å². The van der Waals surface area contributed by atoms with Gasteiger partial charge in [-0.25, -0.2) is 0 Å². The van der Waals surface area contributed by atoms with Crippen molar-refractivity contribution in [3.63, 3.8) is 0 Å². The summed E-state index contributed by atoms with van der Waals surface area (Å²) in [4.78, 5) is 40.0. The SMILES string of the molecule is O=C1c2ccccc2C(=O)[C@@]2(C(=O)c3ccccc3Br)CC=CC[C@@H]12. The van der Waals surface area contributed by atoms with E-state index in [-0.39, 0.29) is 23.8 Å². The third kappa shape index (κ3) is 2.20. The Labute approximate surface area is 153 Å². The standard InChI is InChI=1S/C21H15BrO3/c22-17-11-4-3-9-15(17)20(25)21-12-6-5-10-16(21)18(23)13-7-1-2-8-14(13)19(21)24/h1-9,11,16H,10,12H2/t16-,21+/m0/s1. The maximum atomic E-state index is 13.5. The summed E-state index contributed by atoms with van der Waals surface area (Å²) in [6.07, 6.45) is 4.42. The number of halogens is 1. The molecular weight excluding hydrogens is 380 g/mol. The van der Waals surface area contributed by atoms with Crippen LogP contribution in [0.25, 0.3) is 0 Å². The first kappa shape index (κ1) is 16.2. The second-order valence-electron chi connectivity index (χ2n) is 6.48. The van der Waals surface area contributed by atoms with E-state index in [1.54, 1.807) is 42.5 Å². The van der Waals surface area contributed by atoms with Gasteiger partial charge in [0.15, 0.2) is 17.3 Å². The maximum absolute atomic E-state index is 13.5. The molecule has 2 aliphatic carbocycles. The van der Waals surface area contributed by atoms with Crippen LogP contribution in [-0.4, -0.2) is 17.3 Å². The minimum absolute atomic E-state index is 0.111. The summed E-state index contributed by atoms with van der Waals surface area (Å²) >= 11 is 3.41. The lowest BCUT2D eigenvalue weighted by molar-refractivity contribution is 0.0464. The van der Waals surface area contributed by atoms with Crippen molar-refractivity contribution in [3.05, 3.63) is 81.8 Å². The van der Waals surface area contributed by atoms with Gasteiger partial charge in [0.1, 0.15) is 5.41 Å². The van der Waals surface area contributed by atoms with Crippen LogP contribution in [0.15, 0.2) is 65.2 Å². The average Bonchev–Trinajstić information content (AvgIpc) is 2.66. The zero-order valence-electron chi connectivity index (χ0n) is 13.4. The molecule has 4 heteroatoms. The highest BCUT2D eigenvalue weighted by Gasteiger charge is 2.58. The van der Waals surface area contributed by atoms with E-state index in [9.17, 15) is 14.4 Å². The van der Waals surface area contributed by atoms with E-state index in [2.05, 4.69) is 15.9 Å². The molecule has 0 radical (unpaired) electrons. The van der Waals surface area contributed by atoms with Gasteiger partial charge in [0.05, 0.1) is 0 Å². The number of hydrogen-bond acceptors (Lipinski definition) is 3. The number of rotatable bonds is 2. The highest BCUT2D eigenvalue weighted by molar-refractivity contribution is 9.10. The van der Waals surface area contributed by atoms with Crippen molar-refractivity contribution in [2.24, 2.45) is 11.3 Å². The molecule has 0 unspecified atom stereocenters. The summed E-state index contributed by atoms with van der Waals surface area (Å²) < 4.78 is 0.641. The Balaban J connectivity index is 1.95. The average molecular weight is 395 g/mol. The van der Waals surface area contributed by atoms with Crippen molar-refractivity contribution in [1.82, 2.24) is 0 Å². The predicted octanol–water partition coefficient (Wildman–Crippen LogP) is 4.66. The minimum Gasteiger partial charge on any atom is -0.294 e. The van der Waals surface area contributed by atoms with Crippen LogP contribution in [0.3, 0.4) is 0 Å². The van der Waals surface area contributed by atoms with E-state index in [4.69, 9.17) is 0 Å². The number of ketones is 3. The molecule has 0 saturated heterocycles. The van der Waals surface area contributed by atoms with Crippen molar-refractivity contribution in [1.29, 1.82) is 0 Å². The van der Waals surface area contributed by atoms with Crippen molar-refractivity contribution in [2.45, 2.75) is 12.8 Å². The van der Waals surface area contributed by atoms with E-state index >= 15 is 0 Å². The Hall–Kier alpha value is -2.33. The fourth-order valence-corrected chi connectivity index (χ4v) is 4.46. The summed E-state index contributed by atoms with van der Waals surface area (Å²) in [5, 5.41) is 0. The number of carbonyl (C=O) groups excluding carboxylic acids is 3. The zero-order valence-corrected chi connectivity index (χ0v) is 15.0. The van der Waals surface area contributed by atoms with Gasteiger partial charge in [-0.1, -0.05) is 70.5 Å². The lowest BCUT2D eigenvalue weighted by Crippen LogP contribution is -2.53. The molecule has 2 aromatic rings. The molecule has 0 heterocycles. The Morgan fingerprint density at radius 2 is 1.64 bits per heavy atom. The van der Waals surface area contributed by atoms with Crippen LogP contribution in [0.1, 0.15) is 43.9 Å². The normalized spacial score (nSPS) is 24.6. The quantitative estimate of drug-likeness (QED) is 0.422. The number of Topliss-reactive ketones (excluding diaryl/α,β-unsaturated/α-hetero) is 3. The van der Waals surface area contributed by atoms with E-state index in [0.29, 0.717) is 27.6 Å². The highest BCUT2D eigenvalue weighted by Crippen LogP contribution is 2.49. The van der Waals surface area contributed by atoms with Crippen LogP contribution in [0.2, 0.25) is 0 Å². The maximum Gasteiger partial charge on any atom is 0.178 e. The van der Waals surface area contributed by atoms with Crippen molar-refractivity contribution < 1.29 is 14.4 Å². The lowest BCUT2D eigenvalue weighted by atomic mass is 9.56. The molecule has 0 saturated carbocycles. The zero-order chi connectivity index (χ0) is 17.6. The number of hydrogen-bond donors (Lipinski definition) is 0. The van der Waals surface area contributed by atoms with Crippen molar-refractivity contribution in [2.75, 3.05) is 0 Å². The molecule has 0 bridgehead atoms. The van der Waals surface area contributed by atoms with Crippen LogP contribution < -0.4 is 0 Å². The number of carbonyl (C=O) groups is 3. The van der Waals surface area contributed by atoms with E-state index in [1.165, 1.54) is 0 Å². The van der Waals surface area contributed by atoms with Crippen molar-refractivity contribution in [3.8, 4) is 0 Å². The topological polar surface area (TPSA) is 51.2 Å². The summed E-state index contributed by atoms with van der Waals surface area (Å²) in [5.74, 6) is -1.26. The van der Waals surface area contributed by atoms with Gasteiger partial charge in [-0.2, -0.15) is 0 Å². The molecule has 2 aliphatic rings. The number of benzene rings is 2.